The van der Waals surface area contributed by atoms with Crippen LogP contribution in [0.25, 0.3) is 11.3 Å². The SMILES string of the molecule is COc1cc(CCO)c(NC(=O)c2scc(-c3onc(C)c3Cl)c2S(N)(=O)=O)c(OC)c1OC. The van der Waals surface area contributed by atoms with Crippen molar-refractivity contribution < 1.29 is 37.1 Å². The molecule has 3 rings (SSSR count). The molecule has 0 saturated heterocycles. The van der Waals surface area contributed by atoms with E-state index in [0.29, 0.717) is 17.0 Å². The lowest BCUT2D eigenvalue weighted by Crippen LogP contribution is -2.20. The number of primary sulfonamides is 1. The molecule has 0 spiro atoms. The maximum atomic E-state index is 13.3. The zero-order valence-corrected chi connectivity index (χ0v) is 21.0. The van der Waals surface area contributed by atoms with Crippen LogP contribution in [0.1, 0.15) is 20.9 Å². The predicted octanol–water partition coefficient (Wildman–Crippen LogP) is 2.83. The largest absolute Gasteiger partial charge is 0.493 e. The molecule has 0 radical (unpaired) electrons. The number of halogens is 1. The normalized spacial score (nSPS) is 11.4. The Labute approximate surface area is 204 Å². The highest BCUT2D eigenvalue weighted by atomic mass is 35.5. The predicted molar refractivity (Wildman–Crippen MR) is 126 cm³/mol. The van der Waals surface area contributed by atoms with E-state index in [9.17, 15) is 18.3 Å². The van der Waals surface area contributed by atoms with Crippen LogP contribution >= 0.6 is 22.9 Å². The Kier molecular flexibility index (Phi) is 7.73. The van der Waals surface area contributed by atoms with Gasteiger partial charge in [-0.25, -0.2) is 13.6 Å². The van der Waals surface area contributed by atoms with Crippen molar-refractivity contribution in [1.29, 1.82) is 0 Å². The molecule has 1 amide bonds. The number of nitrogens with one attached hydrogen (secondary N) is 1. The minimum Gasteiger partial charge on any atom is -0.493 e. The summed E-state index contributed by atoms with van der Waals surface area (Å²) in [5.41, 5.74) is 0.993. The third-order valence-corrected chi connectivity index (χ3v) is 7.35. The topological polar surface area (TPSA) is 163 Å². The van der Waals surface area contributed by atoms with Crippen LogP contribution in [0.2, 0.25) is 5.02 Å². The van der Waals surface area contributed by atoms with E-state index in [1.165, 1.54) is 26.7 Å². The first kappa shape index (κ1) is 25.8. The van der Waals surface area contributed by atoms with Crippen molar-refractivity contribution in [3.8, 4) is 28.6 Å². The summed E-state index contributed by atoms with van der Waals surface area (Å²) in [7, 11) is -0.197. The summed E-state index contributed by atoms with van der Waals surface area (Å²) < 4.78 is 46.2. The molecule has 2 heterocycles. The van der Waals surface area contributed by atoms with Crippen molar-refractivity contribution in [1.82, 2.24) is 5.16 Å². The van der Waals surface area contributed by atoms with Gasteiger partial charge in [-0.3, -0.25) is 4.79 Å². The molecule has 0 bridgehead atoms. The zero-order chi connectivity index (χ0) is 25.2. The molecule has 1 aromatic carbocycles. The number of methoxy groups -OCH3 is 3. The molecule has 2 aromatic heterocycles. The van der Waals surface area contributed by atoms with Crippen LogP contribution in [-0.2, 0) is 16.4 Å². The number of hydrogen-bond donors (Lipinski definition) is 3. The number of hydrogen-bond acceptors (Lipinski definition) is 10. The number of aromatic nitrogens is 1. The summed E-state index contributed by atoms with van der Waals surface area (Å²) in [4.78, 5) is 12.6. The van der Waals surface area contributed by atoms with Crippen LogP contribution in [0.3, 0.4) is 0 Å². The summed E-state index contributed by atoms with van der Waals surface area (Å²) in [5.74, 6) is -0.175. The number of amides is 1. The number of nitrogens with zero attached hydrogens (tertiary/aromatic N) is 1. The molecule has 11 nitrogen and oxygen atoms in total. The minimum absolute atomic E-state index is 0.0121. The van der Waals surface area contributed by atoms with Crippen LogP contribution < -0.4 is 24.7 Å². The number of thiophene rings is 1. The van der Waals surface area contributed by atoms with E-state index in [1.54, 1.807) is 13.0 Å². The van der Waals surface area contributed by atoms with Gasteiger partial charge in [0.05, 0.1) is 38.3 Å². The first-order valence-corrected chi connectivity index (χ1v) is 12.4. The number of anilines is 1. The molecule has 0 aliphatic heterocycles. The summed E-state index contributed by atoms with van der Waals surface area (Å²) in [5, 5.41) is 22.8. The fourth-order valence-electron chi connectivity index (χ4n) is 3.30. The molecular weight excluding hydrogens is 510 g/mol. The van der Waals surface area contributed by atoms with Crippen molar-refractivity contribution in [3.05, 3.63) is 32.6 Å². The minimum atomic E-state index is -4.39. The van der Waals surface area contributed by atoms with Crippen LogP contribution in [0.5, 0.6) is 17.2 Å². The van der Waals surface area contributed by atoms with Gasteiger partial charge >= 0.3 is 0 Å². The van der Waals surface area contributed by atoms with Crippen molar-refractivity contribution in [2.24, 2.45) is 5.14 Å². The van der Waals surface area contributed by atoms with Gasteiger partial charge in [0, 0.05) is 12.0 Å². The monoisotopic (exact) mass is 531 g/mol. The smallest absolute Gasteiger partial charge is 0.267 e. The van der Waals surface area contributed by atoms with Gasteiger partial charge in [-0.15, -0.1) is 11.3 Å². The second-order valence-corrected chi connectivity index (χ2v) is 9.63. The number of carbonyl (C=O) groups is 1. The third kappa shape index (κ3) is 4.70. The second-order valence-electron chi connectivity index (χ2n) is 6.87. The van der Waals surface area contributed by atoms with E-state index in [-0.39, 0.29) is 51.4 Å². The van der Waals surface area contributed by atoms with E-state index in [0.717, 1.165) is 11.3 Å². The van der Waals surface area contributed by atoms with E-state index in [2.05, 4.69) is 10.5 Å². The van der Waals surface area contributed by atoms with Crippen LogP contribution in [0.15, 0.2) is 20.9 Å². The molecule has 0 fully saturated rings. The average molecular weight is 532 g/mol. The average Bonchev–Trinajstić information content (AvgIpc) is 3.38. The number of nitrogens with two attached hydrogens (primary N) is 1. The standard InChI is InChI=1S/C20H22ClN3O8S2/c1-9-13(21)15(32-24-9)11-8-33-18(19(11)34(22,27)28)20(26)23-14-10(5-6-25)7-12(29-2)16(30-3)17(14)31-4/h7-8,25H,5-6H2,1-4H3,(H,23,26)(H2,22,27,28). The molecule has 3 aromatic rings. The quantitative estimate of drug-likeness (QED) is 0.376. The molecule has 14 heteroatoms. The van der Waals surface area contributed by atoms with Gasteiger partial charge in [0.1, 0.15) is 14.8 Å². The molecule has 4 N–H and O–H groups in total. The number of benzene rings is 1. The number of carbonyl (C=O) groups excluding carboxylic acids is 1. The summed E-state index contributed by atoms with van der Waals surface area (Å²) in [6.45, 7) is 1.34. The highest BCUT2D eigenvalue weighted by Gasteiger charge is 2.31. The lowest BCUT2D eigenvalue weighted by molar-refractivity contribution is 0.102. The van der Waals surface area contributed by atoms with Crippen molar-refractivity contribution in [3.63, 3.8) is 0 Å². The molecule has 0 saturated carbocycles. The van der Waals surface area contributed by atoms with Crippen LogP contribution in [0, 0.1) is 6.92 Å². The first-order valence-electron chi connectivity index (χ1n) is 9.59. The number of rotatable bonds is 9. The molecule has 0 aliphatic rings. The Morgan fingerprint density at radius 1 is 1.26 bits per heavy atom. The fraction of sp³-hybridized carbons (Fsp3) is 0.300. The maximum Gasteiger partial charge on any atom is 0.267 e. The number of ether oxygens (including phenoxy) is 3. The number of aryl methyl sites for hydroxylation is 1. The first-order chi connectivity index (χ1) is 16.1. The Bertz CT molecular complexity index is 1330. The Balaban J connectivity index is 2.17. The Hall–Kier alpha value is -2.84. The van der Waals surface area contributed by atoms with Gasteiger partial charge in [0.2, 0.25) is 15.8 Å². The lowest BCUT2D eigenvalue weighted by atomic mass is 10.1. The highest BCUT2D eigenvalue weighted by molar-refractivity contribution is 7.89. The molecule has 184 valence electrons. The number of aliphatic hydroxyl groups is 1. The molecule has 0 atom stereocenters. The second kappa shape index (κ2) is 10.2. The summed E-state index contributed by atoms with van der Waals surface area (Å²) in [6.07, 6.45) is 0.136. The van der Waals surface area contributed by atoms with Crippen molar-refractivity contribution in [2.75, 3.05) is 33.3 Å². The van der Waals surface area contributed by atoms with E-state index in [4.69, 9.17) is 35.5 Å². The Morgan fingerprint density at radius 2 is 1.94 bits per heavy atom. The van der Waals surface area contributed by atoms with Crippen LogP contribution in [0.4, 0.5) is 5.69 Å². The van der Waals surface area contributed by atoms with Crippen molar-refractivity contribution >= 4 is 44.6 Å². The van der Waals surface area contributed by atoms with Gasteiger partial charge in [-0.05, 0) is 25.0 Å². The lowest BCUT2D eigenvalue weighted by Gasteiger charge is -2.20. The fourth-order valence-corrected chi connectivity index (χ4v) is 5.68. The van der Waals surface area contributed by atoms with Gasteiger partial charge < -0.3 is 29.2 Å². The van der Waals surface area contributed by atoms with Gasteiger partial charge in [-0.2, -0.15) is 0 Å². The third-order valence-electron chi connectivity index (χ3n) is 4.80. The number of sulfonamides is 1. The van der Waals surface area contributed by atoms with E-state index < -0.39 is 20.8 Å². The summed E-state index contributed by atoms with van der Waals surface area (Å²) in [6, 6.07) is 1.57. The summed E-state index contributed by atoms with van der Waals surface area (Å²) >= 11 is 7.02. The highest BCUT2D eigenvalue weighted by Crippen LogP contribution is 2.46. The molecule has 34 heavy (non-hydrogen) atoms. The van der Waals surface area contributed by atoms with Crippen molar-refractivity contribution in [2.45, 2.75) is 18.2 Å². The van der Waals surface area contributed by atoms with Gasteiger partial charge in [0.25, 0.3) is 5.91 Å². The molecule has 0 aliphatic carbocycles. The molecule has 0 unspecified atom stereocenters. The number of aliphatic hydroxyl groups excluding tert-OH is 1. The molecular formula is C20H22ClN3O8S2. The zero-order valence-electron chi connectivity index (χ0n) is 18.6. The van der Waals surface area contributed by atoms with E-state index in [1.807, 2.05) is 0 Å². The van der Waals surface area contributed by atoms with Crippen LogP contribution in [-0.4, -0.2) is 52.5 Å². The van der Waals surface area contributed by atoms with Gasteiger partial charge in [0.15, 0.2) is 17.3 Å². The Morgan fingerprint density at radius 3 is 2.44 bits per heavy atom. The van der Waals surface area contributed by atoms with Gasteiger partial charge in [-0.1, -0.05) is 16.8 Å². The maximum absolute atomic E-state index is 13.3. The van der Waals surface area contributed by atoms with E-state index >= 15 is 0 Å².